The molecule has 0 radical (unpaired) electrons. The Bertz CT molecular complexity index is 525. The Morgan fingerprint density at radius 2 is 1.24 bits per heavy atom. The van der Waals surface area contributed by atoms with E-state index in [1.807, 2.05) is 6.07 Å². The summed E-state index contributed by atoms with van der Waals surface area (Å²) in [5.74, 6) is 0.419. The summed E-state index contributed by atoms with van der Waals surface area (Å²) in [4.78, 5) is 0. The summed E-state index contributed by atoms with van der Waals surface area (Å²) in [6, 6.07) is 8.86. The Morgan fingerprint density at radius 1 is 0.760 bits per heavy atom. The second-order valence-corrected chi connectivity index (χ2v) is 8.74. The van der Waals surface area contributed by atoms with Gasteiger partial charge < -0.3 is 4.18 Å². The molecule has 0 saturated carbocycles. The van der Waals surface area contributed by atoms with Crippen molar-refractivity contribution >= 4 is 10.1 Å². The Kier molecular flexibility index (Phi) is 11.6. The number of rotatable bonds is 15. The molecule has 0 spiro atoms. The van der Waals surface area contributed by atoms with E-state index in [4.69, 9.17) is 4.18 Å². The van der Waals surface area contributed by atoms with Crippen LogP contribution in [-0.4, -0.2) is 13.7 Å². The number of benzene rings is 1. The lowest BCUT2D eigenvalue weighted by molar-refractivity contribution is 0.448. The molecule has 0 aromatic heterocycles. The van der Waals surface area contributed by atoms with Gasteiger partial charge in [0, 0.05) is 0 Å². The van der Waals surface area contributed by atoms with Crippen LogP contribution in [0.15, 0.2) is 30.3 Å². The highest BCUT2D eigenvalue weighted by molar-refractivity contribution is 7.87. The monoisotopic (exact) mass is 368 g/mol. The van der Waals surface area contributed by atoms with Gasteiger partial charge in [-0.25, -0.2) is 0 Å². The maximum Gasteiger partial charge on any atom is 0.312 e. The van der Waals surface area contributed by atoms with Crippen LogP contribution in [0.2, 0.25) is 0 Å². The normalized spacial score (nSPS) is 12.9. The predicted octanol–water partition coefficient (Wildman–Crippen LogP) is 6.48. The summed E-state index contributed by atoms with van der Waals surface area (Å²) in [7, 11) is -3.56. The quantitative estimate of drug-likeness (QED) is 0.263. The SMILES string of the molecule is CCCCCCCCCC(CCCCC)S(=O)(=O)Oc1ccccc1. The van der Waals surface area contributed by atoms with Crippen molar-refractivity contribution in [3.8, 4) is 5.75 Å². The maximum absolute atomic E-state index is 12.7. The topological polar surface area (TPSA) is 43.4 Å². The fourth-order valence-corrected chi connectivity index (χ4v) is 4.49. The minimum absolute atomic E-state index is 0.380. The summed E-state index contributed by atoms with van der Waals surface area (Å²) in [5, 5.41) is -0.380. The minimum Gasteiger partial charge on any atom is -0.382 e. The van der Waals surface area contributed by atoms with Crippen LogP contribution in [0.1, 0.15) is 90.9 Å². The zero-order chi connectivity index (χ0) is 18.4. The molecule has 1 aromatic carbocycles. The largest absolute Gasteiger partial charge is 0.382 e. The maximum atomic E-state index is 12.7. The summed E-state index contributed by atoms with van der Waals surface area (Å²) < 4.78 is 30.7. The van der Waals surface area contributed by atoms with Crippen LogP contribution in [0.3, 0.4) is 0 Å². The van der Waals surface area contributed by atoms with Crippen molar-refractivity contribution in [2.75, 3.05) is 0 Å². The lowest BCUT2D eigenvalue weighted by Gasteiger charge is -2.18. The van der Waals surface area contributed by atoms with Gasteiger partial charge in [-0.2, -0.15) is 8.42 Å². The smallest absolute Gasteiger partial charge is 0.312 e. The van der Waals surface area contributed by atoms with E-state index in [2.05, 4.69) is 13.8 Å². The van der Waals surface area contributed by atoms with Gasteiger partial charge in [0.1, 0.15) is 5.75 Å². The molecule has 0 heterocycles. The average Bonchev–Trinajstić information content (AvgIpc) is 2.60. The Hall–Kier alpha value is -1.03. The minimum atomic E-state index is -3.56. The highest BCUT2D eigenvalue weighted by Gasteiger charge is 2.26. The molecule has 25 heavy (non-hydrogen) atoms. The molecule has 0 bridgehead atoms. The molecular formula is C21H36O3S. The molecule has 0 saturated heterocycles. The highest BCUT2D eigenvalue weighted by atomic mass is 32.2. The van der Waals surface area contributed by atoms with E-state index < -0.39 is 10.1 Å². The Balaban J connectivity index is 2.50. The van der Waals surface area contributed by atoms with Crippen LogP contribution in [0, 0.1) is 0 Å². The third-order valence-electron chi connectivity index (χ3n) is 4.62. The van der Waals surface area contributed by atoms with Crippen LogP contribution in [0.5, 0.6) is 5.75 Å². The van der Waals surface area contributed by atoms with E-state index in [0.29, 0.717) is 18.6 Å². The molecular weight excluding hydrogens is 332 g/mol. The molecule has 1 atom stereocenters. The molecule has 0 aliphatic heterocycles. The van der Waals surface area contributed by atoms with Gasteiger partial charge >= 0.3 is 10.1 Å². The lowest BCUT2D eigenvalue weighted by atomic mass is 10.0. The van der Waals surface area contributed by atoms with Gasteiger partial charge in [-0.05, 0) is 25.0 Å². The van der Waals surface area contributed by atoms with Crippen molar-refractivity contribution in [2.24, 2.45) is 0 Å². The van der Waals surface area contributed by atoms with Crippen LogP contribution in [0.4, 0.5) is 0 Å². The fraction of sp³-hybridized carbons (Fsp3) is 0.714. The summed E-state index contributed by atoms with van der Waals surface area (Å²) in [6.45, 7) is 4.36. The van der Waals surface area contributed by atoms with E-state index in [1.54, 1.807) is 24.3 Å². The Morgan fingerprint density at radius 3 is 1.84 bits per heavy atom. The van der Waals surface area contributed by atoms with Gasteiger partial charge in [0.05, 0.1) is 5.25 Å². The fourth-order valence-electron chi connectivity index (χ4n) is 3.06. The van der Waals surface area contributed by atoms with E-state index in [9.17, 15) is 8.42 Å². The van der Waals surface area contributed by atoms with Crippen molar-refractivity contribution in [3.63, 3.8) is 0 Å². The summed E-state index contributed by atoms with van der Waals surface area (Å²) in [5.41, 5.74) is 0. The van der Waals surface area contributed by atoms with Crippen molar-refractivity contribution in [1.29, 1.82) is 0 Å². The summed E-state index contributed by atoms with van der Waals surface area (Å²) in [6.07, 6.45) is 13.0. The van der Waals surface area contributed by atoms with Crippen LogP contribution in [0.25, 0.3) is 0 Å². The molecule has 1 rings (SSSR count). The second kappa shape index (κ2) is 13.2. The molecule has 1 aromatic rings. The van der Waals surface area contributed by atoms with Gasteiger partial charge in [-0.3, -0.25) is 0 Å². The van der Waals surface area contributed by atoms with Crippen LogP contribution < -0.4 is 4.18 Å². The first-order valence-electron chi connectivity index (χ1n) is 10.1. The number of unbranched alkanes of at least 4 members (excludes halogenated alkanes) is 8. The zero-order valence-electron chi connectivity index (χ0n) is 16.1. The number of hydrogen-bond acceptors (Lipinski definition) is 3. The molecule has 1 unspecified atom stereocenters. The van der Waals surface area contributed by atoms with Gasteiger partial charge in [0.2, 0.25) is 0 Å². The number of hydrogen-bond donors (Lipinski definition) is 0. The molecule has 0 N–H and O–H groups in total. The first-order valence-corrected chi connectivity index (χ1v) is 11.6. The number of para-hydroxylation sites is 1. The predicted molar refractivity (Wildman–Crippen MR) is 107 cm³/mol. The average molecular weight is 369 g/mol. The Labute approximate surface area is 155 Å². The van der Waals surface area contributed by atoms with Crippen molar-refractivity contribution in [3.05, 3.63) is 30.3 Å². The second-order valence-electron chi connectivity index (χ2n) is 6.92. The molecule has 0 fully saturated rings. The van der Waals surface area contributed by atoms with Crippen molar-refractivity contribution in [2.45, 2.75) is 96.1 Å². The van der Waals surface area contributed by atoms with E-state index in [0.717, 1.165) is 32.1 Å². The first kappa shape index (κ1) is 22.0. The van der Waals surface area contributed by atoms with E-state index in [1.165, 1.54) is 32.1 Å². The molecule has 4 heteroatoms. The van der Waals surface area contributed by atoms with E-state index >= 15 is 0 Å². The standard InChI is InChI=1S/C21H36O3S/c1-3-5-7-8-9-10-15-19-21(18-12-6-4-2)25(22,23)24-20-16-13-11-14-17-20/h11,13-14,16-17,21H,3-10,12,15,18-19H2,1-2H3. The molecule has 0 aliphatic carbocycles. The van der Waals surface area contributed by atoms with Gasteiger partial charge in [-0.15, -0.1) is 0 Å². The lowest BCUT2D eigenvalue weighted by Crippen LogP contribution is -2.26. The van der Waals surface area contributed by atoms with Gasteiger partial charge in [-0.1, -0.05) is 96.3 Å². The molecule has 3 nitrogen and oxygen atoms in total. The van der Waals surface area contributed by atoms with Crippen molar-refractivity contribution in [1.82, 2.24) is 0 Å². The molecule has 144 valence electrons. The van der Waals surface area contributed by atoms with Crippen molar-refractivity contribution < 1.29 is 12.6 Å². The van der Waals surface area contributed by atoms with E-state index in [-0.39, 0.29) is 5.25 Å². The molecule has 0 amide bonds. The van der Waals surface area contributed by atoms with Gasteiger partial charge in [0.15, 0.2) is 0 Å². The zero-order valence-corrected chi connectivity index (χ0v) is 16.9. The summed E-state index contributed by atoms with van der Waals surface area (Å²) >= 11 is 0. The van der Waals surface area contributed by atoms with Gasteiger partial charge in [0.25, 0.3) is 0 Å². The van der Waals surface area contributed by atoms with Crippen LogP contribution >= 0.6 is 0 Å². The highest BCUT2D eigenvalue weighted by Crippen LogP contribution is 2.23. The molecule has 0 aliphatic rings. The third kappa shape index (κ3) is 9.88. The third-order valence-corrected chi connectivity index (χ3v) is 6.34. The first-order chi connectivity index (χ1) is 12.1. The van der Waals surface area contributed by atoms with Crippen LogP contribution in [-0.2, 0) is 10.1 Å².